The third kappa shape index (κ3) is 5.99. The second kappa shape index (κ2) is 10.2. The number of carbonyl (C=O) groups is 1. The first kappa shape index (κ1) is 20.3. The molecule has 3 aromatic rings. The van der Waals surface area contributed by atoms with Gasteiger partial charge in [-0.15, -0.1) is 0 Å². The van der Waals surface area contributed by atoms with Gasteiger partial charge in [-0.3, -0.25) is 4.79 Å². The summed E-state index contributed by atoms with van der Waals surface area (Å²) in [5.41, 5.74) is 4.32. The number of hydrogen-bond acceptors (Lipinski definition) is 6. The zero-order valence-corrected chi connectivity index (χ0v) is 16.8. The average molecular weight is 418 g/mol. The summed E-state index contributed by atoms with van der Waals surface area (Å²) in [7, 11) is 0. The number of hydrazone groups is 1. The molecule has 0 bridgehead atoms. The van der Waals surface area contributed by atoms with Gasteiger partial charge in [0.25, 0.3) is 5.91 Å². The smallest absolute Gasteiger partial charge is 0.277 e. The van der Waals surface area contributed by atoms with Crippen LogP contribution in [0.1, 0.15) is 11.1 Å². The molecule has 0 spiro atoms. The minimum atomic E-state index is -0.363. The minimum Gasteiger partial charge on any atom is -0.489 e. The molecule has 0 saturated carbocycles. The third-order valence-corrected chi connectivity index (χ3v) is 4.41. The van der Waals surface area contributed by atoms with E-state index in [1.807, 2.05) is 48.5 Å². The van der Waals surface area contributed by atoms with Gasteiger partial charge >= 0.3 is 0 Å². The maximum atomic E-state index is 11.9. The molecule has 1 heterocycles. The number of hydrogen-bond donors (Lipinski definition) is 1. The molecule has 4 rings (SSSR count). The Labute approximate surface area is 180 Å². The van der Waals surface area contributed by atoms with Crippen molar-refractivity contribution in [2.75, 3.05) is 19.8 Å². The number of amides is 1. The van der Waals surface area contributed by atoms with E-state index in [9.17, 15) is 4.79 Å². The molecule has 3 aromatic carbocycles. The standard InChI is InChI=1S/C24H22N2O5/c27-24(26-25-15-19-6-11-22-23(14-19)29-13-12-28-22)17-31-21-9-7-20(8-10-21)30-16-18-4-2-1-3-5-18/h1-11,14-15H,12-13,16-17H2,(H,26,27). The molecule has 0 fully saturated rings. The monoisotopic (exact) mass is 418 g/mol. The van der Waals surface area contributed by atoms with Crippen LogP contribution in [0.5, 0.6) is 23.0 Å². The largest absolute Gasteiger partial charge is 0.489 e. The van der Waals surface area contributed by atoms with Gasteiger partial charge in [-0.2, -0.15) is 5.10 Å². The highest BCUT2D eigenvalue weighted by Crippen LogP contribution is 2.30. The first-order chi connectivity index (χ1) is 15.3. The molecule has 1 N–H and O–H groups in total. The van der Waals surface area contributed by atoms with Gasteiger partial charge in [-0.1, -0.05) is 30.3 Å². The third-order valence-electron chi connectivity index (χ3n) is 4.41. The van der Waals surface area contributed by atoms with Gasteiger partial charge < -0.3 is 18.9 Å². The molecule has 0 unspecified atom stereocenters. The lowest BCUT2D eigenvalue weighted by atomic mass is 10.2. The Balaban J connectivity index is 1.20. The summed E-state index contributed by atoms with van der Waals surface area (Å²) in [6, 6.07) is 22.5. The van der Waals surface area contributed by atoms with E-state index in [1.165, 1.54) is 6.21 Å². The number of fused-ring (bicyclic) bond motifs is 1. The molecule has 158 valence electrons. The van der Waals surface area contributed by atoms with Crippen molar-refractivity contribution < 1.29 is 23.7 Å². The van der Waals surface area contributed by atoms with E-state index in [2.05, 4.69) is 10.5 Å². The fourth-order valence-electron chi connectivity index (χ4n) is 2.87. The zero-order chi connectivity index (χ0) is 21.3. The quantitative estimate of drug-likeness (QED) is 0.447. The fraction of sp³-hybridized carbons (Fsp3) is 0.167. The summed E-state index contributed by atoms with van der Waals surface area (Å²) < 4.78 is 22.2. The van der Waals surface area contributed by atoms with Gasteiger partial charge in [0, 0.05) is 0 Å². The lowest BCUT2D eigenvalue weighted by molar-refractivity contribution is -0.123. The maximum Gasteiger partial charge on any atom is 0.277 e. The molecule has 7 nitrogen and oxygen atoms in total. The molecule has 1 aliphatic heterocycles. The Hall–Kier alpha value is -4.00. The molecule has 0 aromatic heterocycles. The second-order valence-corrected chi connectivity index (χ2v) is 6.73. The topological polar surface area (TPSA) is 78.4 Å². The predicted molar refractivity (Wildman–Crippen MR) is 116 cm³/mol. The summed E-state index contributed by atoms with van der Waals surface area (Å²) >= 11 is 0. The van der Waals surface area contributed by atoms with Crippen molar-refractivity contribution in [3.8, 4) is 23.0 Å². The summed E-state index contributed by atoms with van der Waals surface area (Å²) in [6.45, 7) is 1.40. The highest BCUT2D eigenvalue weighted by Gasteiger charge is 2.11. The summed E-state index contributed by atoms with van der Waals surface area (Å²) in [6.07, 6.45) is 1.54. The van der Waals surface area contributed by atoms with Crippen LogP contribution in [0.2, 0.25) is 0 Å². The number of nitrogens with one attached hydrogen (secondary N) is 1. The van der Waals surface area contributed by atoms with Crippen molar-refractivity contribution in [3.05, 3.63) is 83.9 Å². The van der Waals surface area contributed by atoms with E-state index < -0.39 is 0 Å². The van der Waals surface area contributed by atoms with Crippen molar-refractivity contribution in [2.45, 2.75) is 6.61 Å². The molecule has 1 amide bonds. The Morgan fingerprint density at radius 3 is 2.39 bits per heavy atom. The van der Waals surface area contributed by atoms with Crippen molar-refractivity contribution in [1.82, 2.24) is 5.43 Å². The molecule has 0 radical (unpaired) electrons. The molecule has 31 heavy (non-hydrogen) atoms. The van der Waals surface area contributed by atoms with E-state index >= 15 is 0 Å². The van der Waals surface area contributed by atoms with Crippen LogP contribution in [0, 0.1) is 0 Å². The molecule has 0 saturated heterocycles. The van der Waals surface area contributed by atoms with Crippen LogP contribution in [-0.2, 0) is 11.4 Å². The van der Waals surface area contributed by atoms with Gasteiger partial charge in [0.2, 0.25) is 0 Å². The number of rotatable bonds is 8. The summed E-state index contributed by atoms with van der Waals surface area (Å²) in [5.74, 6) is 2.30. The predicted octanol–water partition coefficient (Wildman–Crippen LogP) is 3.57. The van der Waals surface area contributed by atoms with E-state index in [-0.39, 0.29) is 12.5 Å². The first-order valence-corrected chi connectivity index (χ1v) is 9.87. The molecule has 7 heteroatoms. The van der Waals surface area contributed by atoms with Gasteiger partial charge in [-0.05, 0) is 53.6 Å². The van der Waals surface area contributed by atoms with Gasteiger partial charge in [0.05, 0.1) is 6.21 Å². The molecular weight excluding hydrogens is 396 g/mol. The van der Waals surface area contributed by atoms with Gasteiger partial charge in [0.1, 0.15) is 31.3 Å². The zero-order valence-electron chi connectivity index (χ0n) is 16.8. The van der Waals surface area contributed by atoms with Crippen LogP contribution < -0.4 is 24.4 Å². The fourth-order valence-corrected chi connectivity index (χ4v) is 2.87. The van der Waals surface area contributed by atoms with Crippen molar-refractivity contribution in [1.29, 1.82) is 0 Å². The summed E-state index contributed by atoms with van der Waals surface area (Å²) in [4.78, 5) is 11.9. The second-order valence-electron chi connectivity index (χ2n) is 6.73. The van der Waals surface area contributed by atoms with Crippen LogP contribution in [0.3, 0.4) is 0 Å². The molecule has 1 aliphatic rings. The van der Waals surface area contributed by atoms with Crippen LogP contribution in [-0.4, -0.2) is 31.9 Å². The first-order valence-electron chi connectivity index (χ1n) is 9.87. The van der Waals surface area contributed by atoms with Gasteiger partial charge in [0.15, 0.2) is 18.1 Å². The van der Waals surface area contributed by atoms with E-state index in [1.54, 1.807) is 24.3 Å². The Kier molecular flexibility index (Phi) is 6.64. The molecule has 0 atom stereocenters. The highest BCUT2D eigenvalue weighted by atomic mass is 16.6. The maximum absolute atomic E-state index is 11.9. The van der Waals surface area contributed by atoms with Gasteiger partial charge in [-0.25, -0.2) is 5.43 Å². The number of benzene rings is 3. The van der Waals surface area contributed by atoms with Crippen molar-refractivity contribution in [2.24, 2.45) is 5.10 Å². The van der Waals surface area contributed by atoms with Crippen LogP contribution in [0.25, 0.3) is 0 Å². The lowest BCUT2D eigenvalue weighted by Crippen LogP contribution is -2.24. The van der Waals surface area contributed by atoms with Crippen molar-refractivity contribution in [3.63, 3.8) is 0 Å². The minimum absolute atomic E-state index is 0.150. The van der Waals surface area contributed by atoms with E-state index in [0.29, 0.717) is 37.1 Å². The number of nitrogens with zero attached hydrogens (tertiary/aromatic N) is 1. The Morgan fingerprint density at radius 1 is 0.903 bits per heavy atom. The molecule has 0 aliphatic carbocycles. The summed E-state index contributed by atoms with van der Waals surface area (Å²) in [5, 5.41) is 3.95. The normalized spacial score (nSPS) is 12.4. The lowest BCUT2D eigenvalue weighted by Gasteiger charge is -2.18. The highest BCUT2D eigenvalue weighted by molar-refractivity contribution is 5.83. The molecular formula is C24H22N2O5. The Morgan fingerprint density at radius 2 is 1.61 bits per heavy atom. The number of ether oxygens (including phenoxy) is 4. The van der Waals surface area contributed by atoms with E-state index in [4.69, 9.17) is 18.9 Å². The SMILES string of the molecule is O=C(COc1ccc(OCc2ccccc2)cc1)NN=Cc1ccc2c(c1)OCCO2. The van der Waals surface area contributed by atoms with Crippen LogP contribution in [0.4, 0.5) is 0 Å². The van der Waals surface area contributed by atoms with Crippen molar-refractivity contribution >= 4 is 12.1 Å². The van der Waals surface area contributed by atoms with Crippen LogP contribution >= 0.6 is 0 Å². The Bertz CT molecular complexity index is 1040. The van der Waals surface area contributed by atoms with Crippen LogP contribution in [0.15, 0.2) is 77.9 Å². The van der Waals surface area contributed by atoms with E-state index in [0.717, 1.165) is 16.9 Å². The number of carbonyl (C=O) groups excluding carboxylic acids is 1. The average Bonchev–Trinajstić information content (AvgIpc) is 2.83.